The van der Waals surface area contributed by atoms with Crippen molar-refractivity contribution in [2.75, 3.05) is 17.8 Å². The average molecular weight is 288 g/mol. The van der Waals surface area contributed by atoms with Crippen molar-refractivity contribution in [2.24, 2.45) is 10.9 Å². The van der Waals surface area contributed by atoms with Gasteiger partial charge in [-0.1, -0.05) is 16.8 Å². The van der Waals surface area contributed by atoms with Crippen LogP contribution in [0.1, 0.15) is 11.1 Å². The highest BCUT2D eigenvalue weighted by Crippen LogP contribution is 2.24. The summed E-state index contributed by atoms with van der Waals surface area (Å²) in [7, 11) is -2.97. The molecule has 5 nitrogen and oxygen atoms in total. The summed E-state index contributed by atoms with van der Waals surface area (Å²) in [6.45, 7) is 1.90. The molecule has 100 valence electrons. The van der Waals surface area contributed by atoms with Gasteiger partial charge in [-0.05, 0) is 19.1 Å². The highest BCUT2D eigenvalue weighted by molar-refractivity contribution is 8.00. The van der Waals surface area contributed by atoms with E-state index in [9.17, 15) is 8.42 Å². The van der Waals surface area contributed by atoms with Crippen LogP contribution >= 0.6 is 11.8 Å². The molecule has 3 N–H and O–H groups in total. The topological polar surface area (TPSA) is 92.8 Å². The molecule has 0 heterocycles. The third kappa shape index (κ3) is 4.58. The van der Waals surface area contributed by atoms with Crippen molar-refractivity contribution in [3.05, 3.63) is 29.3 Å². The Morgan fingerprint density at radius 1 is 1.50 bits per heavy atom. The van der Waals surface area contributed by atoms with E-state index in [0.717, 1.165) is 10.5 Å². The Kier molecular flexibility index (Phi) is 5.03. The van der Waals surface area contributed by atoms with E-state index in [2.05, 4.69) is 5.16 Å². The average Bonchev–Trinajstić information content (AvgIpc) is 2.28. The fourth-order valence-electron chi connectivity index (χ4n) is 1.33. The van der Waals surface area contributed by atoms with E-state index in [1.807, 2.05) is 19.1 Å². The van der Waals surface area contributed by atoms with Gasteiger partial charge in [-0.15, -0.1) is 11.8 Å². The normalized spacial score (nSPS) is 12.7. The van der Waals surface area contributed by atoms with Gasteiger partial charge in [0, 0.05) is 22.5 Å². The lowest BCUT2D eigenvalue weighted by molar-refractivity contribution is 0.318. The van der Waals surface area contributed by atoms with Crippen LogP contribution < -0.4 is 5.73 Å². The molecule has 0 bridgehead atoms. The molecule has 1 aromatic rings. The molecule has 0 aromatic heterocycles. The Labute approximate surface area is 111 Å². The second kappa shape index (κ2) is 6.10. The third-order valence-corrected chi connectivity index (χ3v) is 4.51. The summed E-state index contributed by atoms with van der Waals surface area (Å²) in [5.41, 5.74) is 7.20. The molecule has 0 aliphatic rings. The molecule has 0 spiro atoms. The van der Waals surface area contributed by atoms with Crippen molar-refractivity contribution >= 4 is 27.4 Å². The molecule has 7 heteroatoms. The van der Waals surface area contributed by atoms with Crippen molar-refractivity contribution < 1.29 is 13.6 Å². The van der Waals surface area contributed by atoms with E-state index in [1.54, 1.807) is 6.07 Å². The first-order chi connectivity index (χ1) is 8.33. The molecule has 0 aliphatic carbocycles. The maximum Gasteiger partial charge on any atom is 0.171 e. The molecule has 0 saturated carbocycles. The van der Waals surface area contributed by atoms with Gasteiger partial charge in [0.05, 0.1) is 5.75 Å². The maximum absolute atomic E-state index is 11.0. The van der Waals surface area contributed by atoms with Crippen LogP contribution in [0.25, 0.3) is 0 Å². The van der Waals surface area contributed by atoms with E-state index in [4.69, 9.17) is 10.9 Å². The van der Waals surface area contributed by atoms with E-state index >= 15 is 0 Å². The van der Waals surface area contributed by atoms with Crippen LogP contribution in [0.5, 0.6) is 0 Å². The van der Waals surface area contributed by atoms with E-state index in [-0.39, 0.29) is 11.6 Å². The molecule has 0 aliphatic heterocycles. The van der Waals surface area contributed by atoms with Crippen LogP contribution in [-0.2, 0) is 9.84 Å². The van der Waals surface area contributed by atoms with Gasteiger partial charge in [-0.2, -0.15) is 0 Å². The van der Waals surface area contributed by atoms with Gasteiger partial charge in [0.2, 0.25) is 0 Å². The summed E-state index contributed by atoms with van der Waals surface area (Å²) >= 11 is 1.38. The first-order valence-corrected chi connectivity index (χ1v) is 8.27. The largest absolute Gasteiger partial charge is 0.409 e. The summed E-state index contributed by atoms with van der Waals surface area (Å²) in [5, 5.41) is 11.7. The van der Waals surface area contributed by atoms with Gasteiger partial charge in [0.1, 0.15) is 9.84 Å². The zero-order valence-corrected chi connectivity index (χ0v) is 11.9. The predicted molar refractivity (Wildman–Crippen MR) is 74.1 cm³/mol. The lowest BCUT2D eigenvalue weighted by atomic mass is 10.1. The zero-order valence-electron chi connectivity index (χ0n) is 10.3. The Balaban J connectivity index is 2.89. The zero-order chi connectivity index (χ0) is 13.8. The Morgan fingerprint density at radius 2 is 2.17 bits per heavy atom. The quantitative estimate of drug-likeness (QED) is 0.279. The second-order valence-corrected chi connectivity index (χ2v) is 7.36. The molecule has 0 radical (unpaired) electrons. The highest BCUT2D eigenvalue weighted by atomic mass is 32.2. The van der Waals surface area contributed by atoms with Crippen LogP contribution in [0.3, 0.4) is 0 Å². The molecule has 1 aromatic carbocycles. The number of hydrogen-bond donors (Lipinski definition) is 2. The van der Waals surface area contributed by atoms with E-state index in [0.29, 0.717) is 11.3 Å². The lowest BCUT2D eigenvalue weighted by Crippen LogP contribution is -2.15. The molecule has 0 atom stereocenters. The first kappa shape index (κ1) is 14.8. The van der Waals surface area contributed by atoms with Crippen LogP contribution in [0.15, 0.2) is 28.3 Å². The number of nitrogens with zero attached hydrogens (tertiary/aromatic N) is 1. The van der Waals surface area contributed by atoms with Crippen molar-refractivity contribution in [3.8, 4) is 0 Å². The molecular formula is C11H16N2O3S2. The minimum atomic E-state index is -2.97. The van der Waals surface area contributed by atoms with Gasteiger partial charge < -0.3 is 10.9 Å². The second-order valence-electron chi connectivity index (χ2n) is 3.96. The van der Waals surface area contributed by atoms with Gasteiger partial charge in [0.25, 0.3) is 0 Å². The number of nitrogens with two attached hydrogens (primary N) is 1. The number of rotatable bonds is 5. The summed E-state index contributed by atoms with van der Waals surface area (Å²) in [6.07, 6.45) is 1.20. The molecule has 0 amide bonds. The predicted octanol–water partition coefficient (Wildman–Crippen LogP) is 1.23. The third-order valence-electron chi connectivity index (χ3n) is 2.23. The van der Waals surface area contributed by atoms with Crippen molar-refractivity contribution in [1.82, 2.24) is 0 Å². The minimum absolute atomic E-state index is 0.0283. The Bertz CT molecular complexity index is 553. The fourth-order valence-corrected chi connectivity index (χ4v) is 3.57. The van der Waals surface area contributed by atoms with E-state index in [1.165, 1.54) is 18.0 Å². The number of hydrogen-bond acceptors (Lipinski definition) is 5. The number of benzene rings is 1. The number of oxime groups is 1. The summed E-state index contributed by atoms with van der Waals surface area (Å²) in [5.74, 6) is 0.565. The van der Waals surface area contributed by atoms with E-state index < -0.39 is 9.84 Å². The lowest BCUT2D eigenvalue weighted by Gasteiger charge is -2.08. The SMILES string of the molecule is Cc1ccc(SCCS(C)(=O)=O)c(/C(N)=N/O)c1. The number of thioether (sulfide) groups is 1. The van der Waals surface area contributed by atoms with Crippen molar-refractivity contribution in [1.29, 1.82) is 0 Å². The highest BCUT2D eigenvalue weighted by Gasteiger charge is 2.09. The summed E-state index contributed by atoms with van der Waals surface area (Å²) in [4.78, 5) is 0.805. The number of aryl methyl sites for hydroxylation is 1. The fraction of sp³-hybridized carbons (Fsp3) is 0.364. The monoisotopic (exact) mass is 288 g/mol. The standard InChI is InChI=1S/C11H16N2O3S2/c1-8-3-4-10(9(7-8)11(12)13-14)17-5-6-18(2,15)16/h3-4,7,14H,5-6H2,1-2H3,(H2,12,13). The first-order valence-electron chi connectivity index (χ1n) is 5.22. The number of amidine groups is 1. The van der Waals surface area contributed by atoms with Crippen molar-refractivity contribution in [2.45, 2.75) is 11.8 Å². The van der Waals surface area contributed by atoms with Crippen LogP contribution in [0.2, 0.25) is 0 Å². The van der Waals surface area contributed by atoms with Gasteiger partial charge >= 0.3 is 0 Å². The molecule has 0 saturated heterocycles. The van der Waals surface area contributed by atoms with Crippen LogP contribution in [-0.4, -0.2) is 37.2 Å². The molecular weight excluding hydrogens is 272 g/mol. The Morgan fingerprint density at radius 3 is 2.72 bits per heavy atom. The molecule has 18 heavy (non-hydrogen) atoms. The van der Waals surface area contributed by atoms with Crippen LogP contribution in [0, 0.1) is 6.92 Å². The van der Waals surface area contributed by atoms with Crippen molar-refractivity contribution in [3.63, 3.8) is 0 Å². The summed E-state index contributed by atoms with van der Waals surface area (Å²) < 4.78 is 22.1. The molecule has 1 rings (SSSR count). The van der Waals surface area contributed by atoms with Gasteiger partial charge in [-0.25, -0.2) is 8.42 Å². The summed E-state index contributed by atoms with van der Waals surface area (Å²) in [6, 6.07) is 5.55. The molecule has 0 fully saturated rings. The smallest absolute Gasteiger partial charge is 0.171 e. The minimum Gasteiger partial charge on any atom is -0.409 e. The molecule has 0 unspecified atom stereocenters. The Hall–Kier alpha value is -1.21. The van der Waals surface area contributed by atoms with Gasteiger partial charge in [0.15, 0.2) is 5.84 Å². The van der Waals surface area contributed by atoms with Crippen LogP contribution in [0.4, 0.5) is 0 Å². The van der Waals surface area contributed by atoms with Gasteiger partial charge in [-0.3, -0.25) is 0 Å². The number of sulfone groups is 1. The maximum atomic E-state index is 11.0.